The Morgan fingerprint density at radius 3 is 1.24 bits per heavy atom. The summed E-state index contributed by atoms with van der Waals surface area (Å²) in [5.41, 5.74) is 0. The van der Waals surface area contributed by atoms with E-state index in [0.717, 1.165) is 12.8 Å². The molecule has 164 valence electrons. The van der Waals surface area contributed by atoms with Gasteiger partial charge < -0.3 is 24.8 Å². The van der Waals surface area contributed by atoms with Crippen molar-refractivity contribution < 1.29 is 56.9 Å². The van der Waals surface area contributed by atoms with E-state index in [4.69, 9.17) is 8.85 Å². The molecule has 0 unspecified atom stereocenters. The van der Waals surface area contributed by atoms with Crippen molar-refractivity contribution in [3.8, 4) is 0 Å². The largest absolute Gasteiger partial charge is 1.00 e. The average molecular weight is 585 g/mol. The Bertz CT molecular complexity index is 655. The standard InChI is InChI=1S/2C10H19OSi2.2ClH.Zr/c2*1-12(2)10-8-6-7-9(10)11-13(3,4)5;;;/h2*7,12H,6H2,1-5H3;2*1H;/q;;;;+2/p-2. The van der Waals surface area contributed by atoms with Crippen molar-refractivity contribution >= 4 is 34.2 Å². The summed E-state index contributed by atoms with van der Waals surface area (Å²) < 4.78 is 16.6. The third kappa shape index (κ3) is 8.74. The second-order valence-electron chi connectivity index (χ2n) is 10.2. The predicted octanol–water partition coefficient (Wildman–Crippen LogP) is -0.0849. The Morgan fingerprint density at radius 1 is 0.690 bits per heavy atom. The molecule has 0 aromatic rings. The maximum absolute atomic E-state index is 6.49. The van der Waals surface area contributed by atoms with E-state index < -0.39 is 57.5 Å². The topological polar surface area (TPSA) is 18.5 Å². The molecule has 2 aliphatic rings. The van der Waals surface area contributed by atoms with Crippen LogP contribution in [0.1, 0.15) is 12.8 Å². The summed E-state index contributed by atoms with van der Waals surface area (Å²) in [6.45, 7) is 23.7. The molecule has 0 saturated heterocycles. The van der Waals surface area contributed by atoms with Crippen LogP contribution in [0.25, 0.3) is 0 Å². The van der Waals surface area contributed by atoms with Gasteiger partial charge in [-0.2, -0.15) is 0 Å². The number of allylic oxidation sites excluding steroid dienone is 6. The van der Waals surface area contributed by atoms with Crippen LogP contribution in [0, 0.1) is 0 Å². The molecule has 2 nitrogen and oxygen atoms in total. The summed E-state index contributed by atoms with van der Waals surface area (Å²) in [7, 11) is -4.86. The van der Waals surface area contributed by atoms with Crippen LogP contribution in [0.15, 0.2) is 40.6 Å². The van der Waals surface area contributed by atoms with Gasteiger partial charge in [-0.15, -0.1) is 0 Å². The molecular formula is C20H38Cl2O2Si4Zr. The number of hydrogen-bond donors (Lipinski definition) is 0. The first kappa shape index (κ1) is 29.9. The summed E-state index contributed by atoms with van der Waals surface area (Å²) in [6.07, 6.45) is 7.14. The molecule has 0 aromatic carbocycles. The molecule has 0 bridgehead atoms. The van der Waals surface area contributed by atoms with E-state index in [0.29, 0.717) is 0 Å². The van der Waals surface area contributed by atoms with Gasteiger partial charge in [-0.1, -0.05) is 0 Å². The SMILES string of the molecule is C[SiH](C)C1=[C]([Zr+2][C]2=C([SiH](C)C)C(O[Si](C)(C)C)=CC2)CC=C1O[Si](C)(C)C.[Cl-].[Cl-]. The molecule has 0 N–H and O–H groups in total. The molecule has 0 heterocycles. The molecule has 0 aromatic heterocycles. The molecule has 0 saturated carbocycles. The fourth-order valence-corrected chi connectivity index (χ4v) is 17.0. The van der Waals surface area contributed by atoms with Crippen LogP contribution in [-0.2, 0) is 32.1 Å². The molecule has 9 heteroatoms. The van der Waals surface area contributed by atoms with Gasteiger partial charge in [0.25, 0.3) is 0 Å². The van der Waals surface area contributed by atoms with Gasteiger partial charge in [0.1, 0.15) is 0 Å². The second-order valence-corrected chi connectivity index (χ2v) is 28.4. The van der Waals surface area contributed by atoms with E-state index in [-0.39, 0.29) is 24.8 Å². The second kappa shape index (κ2) is 11.7. The minimum atomic E-state index is -1.55. The van der Waals surface area contributed by atoms with Crippen LogP contribution in [0.5, 0.6) is 0 Å². The van der Waals surface area contributed by atoms with Gasteiger partial charge in [0, 0.05) is 0 Å². The van der Waals surface area contributed by atoms with E-state index in [9.17, 15) is 0 Å². The van der Waals surface area contributed by atoms with Gasteiger partial charge in [-0.05, 0) is 0 Å². The van der Waals surface area contributed by atoms with Crippen molar-refractivity contribution in [3.05, 3.63) is 40.6 Å². The third-order valence-corrected chi connectivity index (χ3v) is 14.9. The zero-order chi connectivity index (χ0) is 20.6. The molecule has 0 fully saturated rings. The van der Waals surface area contributed by atoms with Gasteiger partial charge in [-0.3, -0.25) is 0 Å². The van der Waals surface area contributed by atoms with Crippen molar-refractivity contribution in [2.45, 2.75) is 78.3 Å². The number of rotatable bonds is 8. The van der Waals surface area contributed by atoms with Gasteiger partial charge in [0.2, 0.25) is 0 Å². The molecule has 29 heavy (non-hydrogen) atoms. The Hall–Kier alpha value is 0.891. The van der Waals surface area contributed by atoms with E-state index in [1.165, 1.54) is 11.5 Å². The Labute approximate surface area is 208 Å². The minimum Gasteiger partial charge on any atom is -1.00 e. The van der Waals surface area contributed by atoms with Crippen molar-refractivity contribution in [2.75, 3.05) is 0 Å². The van der Waals surface area contributed by atoms with Crippen LogP contribution in [0.4, 0.5) is 0 Å². The predicted molar refractivity (Wildman–Crippen MR) is 126 cm³/mol. The summed E-state index contributed by atoms with van der Waals surface area (Å²) in [5, 5.41) is 3.36. The maximum atomic E-state index is 6.49. The Morgan fingerprint density at radius 2 is 1.00 bits per heavy atom. The van der Waals surface area contributed by atoms with Crippen molar-refractivity contribution in [1.29, 1.82) is 0 Å². The van der Waals surface area contributed by atoms with E-state index in [2.05, 4.69) is 77.6 Å². The van der Waals surface area contributed by atoms with E-state index in [1.54, 1.807) is 17.0 Å². The normalized spacial score (nSPS) is 17.1. The maximum Gasteiger partial charge on any atom is -1.00 e. The van der Waals surface area contributed by atoms with Crippen molar-refractivity contribution in [3.63, 3.8) is 0 Å². The fourth-order valence-electron chi connectivity index (χ4n) is 3.66. The summed E-state index contributed by atoms with van der Waals surface area (Å²) in [6, 6.07) is 0. The van der Waals surface area contributed by atoms with Crippen LogP contribution in [-0.4, -0.2) is 34.2 Å². The monoisotopic (exact) mass is 582 g/mol. The smallest absolute Gasteiger partial charge is 1.00 e. The molecule has 0 radical (unpaired) electrons. The first-order chi connectivity index (χ1) is 12.3. The van der Waals surface area contributed by atoms with Crippen LogP contribution in [0.2, 0.25) is 65.5 Å². The average Bonchev–Trinajstić information content (AvgIpc) is 3.00. The first-order valence-electron chi connectivity index (χ1n) is 10.3. The van der Waals surface area contributed by atoms with Gasteiger partial charge in [0.15, 0.2) is 0 Å². The molecule has 0 spiro atoms. The van der Waals surface area contributed by atoms with Crippen LogP contribution < -0.4 is 24.8 Å². The molecule has 0 atom stereocenters. The van der Waals surface area contributed by atoms with Crippen molar-refractivity contribution in [2.24, 2.45) is 0 Å². The van der Waals surface area contributed by atoms with E-state index >= 15 is 0 Å². The van der Waals surface area contributed by atoms with Crippen LogP contribution in [0.3, 0.4) is 0 Å². The molecule has 2 aliphatic carbocycles. The molecular weight excluding hydrogens is 547 g/mol. The van der Waals surface area contributed by atoms with Crippen molar-refractivity contribution in [1.82, 2.24) is 0 Å². The first-order valence-corrected chi connectivity index (χ1v) is 25.4. The van der Waals surface area contributed by atoms with Gasteiger partial charge in [0.05, 0.1) is 0 Å². The third-order valence-electron chi connectivity index (χ3n) is 4.45. The quantitative estimate of drug-likeness (QED) is 0.372. The number of hydrogen-bond acceptors (Lipinski definition) is 2. The zero-order valence-corrected chi connectivity index (χ0v) is 28.1. The molecule has 0 amide bonds. The molecule has 0 aliphatic heterocycles. The fraction of sp³-hybridized carbons (Fsp3) is 0.600. The van der Waals surface area contributed by atoms with Crippen LogP contribution >= 0.6 is 0 Å². The van der Waals surface area contributed by atoms with Gasteiger partial charge >= 0.3 is 185 Å². The van der Waals surface area contributed by atoms with E-state index in [1.807, 2.05) is 0 Å². The summed E-state index contributed by atoms with van der Waals surface area (Å²) in [5.74, 6) is 2.56. The minimum absolute atomic E-state index is 0. The number of halogens is 2. The Balaban J connectivity index is 0.00000392. The van der Waals surface area contributed by atoms with Gasteiger partial charge in [-0.25, -0.2) is 0 Å². The summed E-state index contributed by atoms with van der Waals surface area (Å²) >= 11 is -0.731. The Kier molecular flexibility index (Phi) is 12.0. The zero-order valence-electron chi connectivity index (χ0n) is 19.8. The summed E-state index contributed by atoms with van der Waals surface area (Å²) in [4.78, 5) is 0. The molecule has 2 rings (SSSR count).